The van der Waals surface area contributed by atoms with Crippen LogP contribution in [0.25, 0.3) is 0 Å². The Balaban J connectivity index is 1.38. The summed E-state index contributed by atoms with van der Waals surface area (Å²) in [6.45, 7) is 1.51. The first-order valence-electron chi connectivity index (χ1n) is 11.5. The van der Waals surface area contributed by atoms with E-state index in [0.717, 1.165) is 51.4 Å². The molecule has 0 spiro atoms. The van der Waals surface area contributed by atoms with Crippen LogP contribution in [0.4, 0.5) is 17.6 Å². The van der Waals surface area contributed by atoms with Gasteiger partial charge < -0.3 is 4.74 Å². The first-order valence-corrected chi connectivity index (χ1v) is 11.5. The molecule has 2 aliphatic carbocycles. The molecule has 0 unspecified atom stereocenters. The van der Waals surface area contributed by atoms with Crippen LogP contribution < -0.4 is 4.74 Å². The summed E-state index contributed by atoms with van der Waals surface area (Å²) in [5, 5.41) is 0. The van der Waals surface area contributed by atoms with Crippen molar-refractivity contribution in [1.29, 1.82) is 0 Å². The number of halogens is 4. The summed E-state index contributed by atoms with van der Waals surface area (Å²) in [7, 11) is 0. The predicted molar refractivity (Wildman–Crippen MR) is 112 cm³/mol. The molecule has 1 aromatic rings. The topological polar surface area (TPSA) is 9.23 Å². The largest absolute Gasteiger partial charge is 0.490 e. The van der Waals surface area contributed by atoms with Gasteiger partial charge in [-0.15, -0.1) is 0 Å². The number of alkyl halides is 1. The lowest BCUT2D eigenvalue weighted by atomic mass is 9.69. The maximum atomic E-state index is 13.9. The third-order valence-corrected chi connectivity index (χ3v) is 7.05. The molecule has 0 heterocycles. The van der Waals surface area contributed by atoms with Crippen molar-refractivity contribution in [3.8, 4) is 5.75 Å². The van der Waals surface area contributed by atoms with Gasteiger partial charge in [-0.3, -0.25) is 4.39 Å². The molecule has 1 aromatic carbocycles. The molecule has 0 atom stereocenters. The second-order valence-corrected chi connectivity index (χ2v) is 9.18. The summed E-state index contributed by atoms with van der Waals surface area (Å²) in [6.07, 6.45) is 10.9. The molecule has 3 rings (SSSR count). The van der Waals surface area contributed by atoms with Gasteiger partial charge in [-0.25, -0.2) is 8.78 Å². The molecule has 0 aromatic heterocycles. The van der Waals surface area contributed by atoms with Crippen molar-refractivity contribution in [3.05, 3.63) is 41.2 Å². The zero-order chi connectivity index (χ0) is 21.5. The summed E-state index contributed by atoms with van der Waals surface area (Å²) >= 11 is 0. The second kappa shape index (κ2) is 11.2. The zero-order valence-electron chi connectivity index (χ0n) is 17.9. The van der Waals surface area contributed by atoms with E-state index >= 15 is 0 Å². The third-order valence-electron chi connectivity index (χ3n) is 7.05. The number of ether oxygens (including phenoxy) is 1. The van der Waals surface area contributed by atoms with Gasteiger partial charge in [-0.05, 0) is 106 Å². The van der Waals surface area contributed by atoms with E-state index in [2.05, 4.69) is 0 Å². The van der Waals surface area contributed by atoms with Gasteiger partial charge >= 0.3 is 0 Å². The van der Waals surface area contributed by atoms with Gasteiger partial charge in [0, 0.05) is 6.42 Å². The number of hydrogen-bond donors (Lipinski definition) is 0. The molecule has 0 bridgehead atoms. The molecule has 30 heavy (non-hydrogen) atoms. The average Bonchev–Trinajstić information content (AvgIpc) is 2.76. The number of allylic oxidation sites excluding steroid dienone is 2. The van der Waals surface area contributed by atoms with E-state index in [4.69, 9.17) is 4.74 Å². The minimum atomic E-state index is -0.893. The van der Waals surface area contributed by atoms with E-state index in [1.807, 2.05) is 0 Å². The Labute approximate surface area is 177 Å². The van der Waals surface area contributed by atoms with Crippen molar-refractivity contribution < 1.29 is 22.3 Å². The molecular weight excluding hydrogens is 392 g/mol. The average molecular weight is 427 g/mol. The van der Waals surface area contributed by atoms with Gasteiger partial charge in [0.05, 0.1) is 19.1 Å². The van der Waals surface area contributed by atoms with Crippen molar-refractivity contribution in [1.82, 2.24) is 0 Å². The minimum absolute atomic E-state index is 0.00495. The van der Waals surface area contributed by atoms with Crippen LogP contribution in [0.1, 0.15) is 69.8 Å². The summed E-state index contributed by atoms with van der Waals surface area (Å²) < 4.78 is 59.1. The summed E-state index contributed by atoms with van der Waals surface area (Å²) in [5.41, 5.74) is 0.285. The van der Waals surface area contributed by atoms with Crippen LogP contribution in [-0.2, 0) is 0 Å². The summed E-state index contributed by atoms with van der Waals surface area (Å²) in [4.78, 5) is 0. The molecule has 0 aliphatic heterocycles. The van der Waals surface area contributed by atoms with Crippen LogP contribution in [0.15, 0.2) is 24.0 Å². The van der Waals surface area contributed by atoms with E-state index in [-0.39, 0.29) is 30.0 Å². The van der Waals surface area contributed by atoms with Crippen LogP contribution in [0.5, 0.6) is 5.75 Å². The first kappa shape index (κ1) is 23.1. The number of rotatable bonds is 8. The highest BCUT2D eigenvalue weighted by atomic mass is 19.2. The lowest BCUT2D eigenvalue weighted by Crippen LogP contribution is -2.27. The quantitative estimate of drug-likeness (QED) is 0.384. The highest BCUT2D eigenvalue weighted by Crippen LogP contribution is 2.42. The summed E-state index contributed by atoms with van der Waals surface area (Å²) in [5.74, 6) is 0.223. The van der Waals surface area contributed by atoms with Crippen LogP contribution >= 0.6 is 0 Å². The standard InChI is InChI=1S/C25H34F4O/c1-17-4-13-23(25(29)24(17)28)30-16-19-7-11-21(12-8-19)20-9-5-18(6-10-20)15-22(27)3-2-14-26/h4,13,15,18-21H,2-3,5-12,14,16H2,1H3/b22-15-. The number of aryl methyl sites for hydroxylation is 1. The van der Waals surface area contributed by atoms with Crippen LogP contribution in [0.3, 0.4) is 0 Å². The third kappa shape index (κ3) is 6.24. The van der Waals surface area contributed by atoms with E-state index in [1.54, 1.807) is 12.1 Å². The van der Waals surface area contributed by atoms with Crippen LogP contribution in [-0.4, -0.2) is 13.3 Å². The number of hydrogen-bond acceptors (Lipinski definition) is 1. The molecule has 0 N–H and O–H groups in total. The Kier molecular flexibility index (Phi) is 8.64. The van der Waals surface area contributed by atoms with E-state index < -0.39 is 18.3 Å². The fourth-order valence-electron chi connectivity index (χ4n) is 5.13. The van der Waals surface area contributed by atoms with Crippen LogP contribution in [0, 0.1) is 42.2 Å². The second-order valence-electron chi connectivity index (χ2n) is 9.18. The zero-order valence-corrected chi connectivity index (χ0v) is 17.9. The van der Waals surface area contributed by atoms with Crippen molar-refractivity contribution in [2.45, 2.75) is 71.1 Å². The normalized spacial score (nSPS) is 27.8. The SMILES string of the molecule is Cc1ccc(OCC2CCC(C3CCC(/C=C(\F)CCCF)CC3)CC2)c(F)c1F. The molecule has 168 valence electrons. The Morgan fingerprint density at radius 1 is 0.967 bits per heavy atom. The Hall–Kier alpha value is -1.52. The van der Waals surface area contributed by atoms with Gasteiger partial charge in [0.2, 0.25) is 5.82 Å². The number of benzene rings is 1. The molecule has 2 aliphatic rings. The molecule has 0 radical (unpaired) electrons. The smallest absolute Gasteiger partial charge is 0.200 e. The van der Waals surface area contributed by atoms with E-state index in [1.165, 1.54) is 13.0 Å². The fourth-order valence-corrected chi connectivity index (χ4v) is 5.13. The lowest BCUT2D eigenvalue weighted by Gasteiger charge is -2.37. The fraction of sp³-hybridized carbons (Fsp3) is 0.680. The predicted octanol–water partition coefficient (Wildman–Crippen LogP) is 7.87. The van der Waals surface area contributed by atoms with Gasteiger partial charge in [0.15, 0.2) is 11.6 Å². The maximum Gasteiger partial charge on any atom is 0.200 e. The highest BCUT2D eigenvalue weighted by Gasteiger charge is 2.31. The first-order chi connectivity index (χ1) is 14.5. The van der Waals surface area contributed by atoms with Gasteiger partial charge in [0.1, 0.15) is 0 Å². The Morgan fingerprint density at radius 2 is 1.60 bits per heavy atom. The molecule has 0 amide bonds. The van der Waals surface area contributed by atoms with Gasteiger partial charge in [-0.2, -0.15) is 4.39 Å². The summed E-state index contributed by atoms with van der Waals surface area (Å²) in [6, 6.07) is 3.05. The van der Waals surface area contributed by atoms with E-state index in [0.29, 0.717) is 30.3 Å². The van der Waals surface area contributed by atoms with Gasteiger partial charge in [-0.1, -0.05) is 6.07 Å². The van der Waals surface area contributed by atoms with Crippen molar-refractivity contribution >= 4 is 0 Å². The molecule has 2 fully saturated rings. The van der Waals surface area contributed by atoms with Crippen LogP contribution in [0.2, 0.25) is 0 Å². The molecular formula is C25H34F4O. The molecule has 0 saturated heterocycles. The molecule has 2 saturated carbocycles. The minimum Gasteiger partial charge on any atom is -0.490 e. The monoisotopic (exact) mass is 426 g/mol. The molecule has 1 nitrogen and oxygen atoms in total. The van der Waals surface area contributed by atoms with Crippen molar-refractivity contribution in [3.63, 3.8) is 0 Å². The lowest BCUT2D eigenvalue weighted by molar-refractivity contribution is 0.127. The maximum absolute atomic E-state index is 13.9. The van der Waals surface area contributed by atoms with Crippen molar-refractivity contribution in [2.24, 2.45) is 23.7 Å². The van der Waals surface area contributed by atoms with E-state index in [9.17, 15) is 17.6 Å². The Morgan fingerprint density at radius 3 is 2.23 bits per heavy atom. The van der Waals surface area contributed by atoms with Crippen molar-refractivity contribution in [2.75, 3.05) is 13.3 Å². The highest BCUT2D eigenvalue weighted by molar-refractivity contribution is 5.30. The molecule has 5 heteroatoms. The van der Waals surface area contributed by atoms with Gasteiger partial charge in [0.25, 0.3) is 0 Å². The Bertz CT molecular complexity index is 701.